The van der Waals surface area contributed by atoms with Gasteiger partial charge >= 0.3 is 0 Å². The lowest BCUT2D eigenvalue weighted by molar-refractivity contribution is -0.138. The quantitative estimate of drug-likeness (QED) is 0.904. The maximum absolute atomic E-state index is 13.0. The van der Waals surface area contributed by atoms with E-state index in [1.54, 1.807) is 6.07 Å². The van der Waals surface area contributed by atoms with Gasteiger partial charge < -0.3 is 14.9 Å². The van der Waals surface area contributed by atoms with Gasteiger partial charge in [0.25, 0.3) is 0 Å². The molecule has 1 aliphatic carbocycles. The number of nitrogens with zero attached hydrogens (tertiary/aromatic N) is 3. The largest absolute Gasteiger partial charge is 0.506 e. The number of anilines is 1. The Hall–Kier alpha value is -1.75. The molecule has 0 unspecified atom stereocenters. The zero-order chi connectivity index (χ0) is 17.9. The second-order valence-corrected chi connectivity index (χ2v) is 8.09. The molecule has 5 heteroatoms. The maximum atomic E-state index is 13.0. The highest BCUT2D eigenvalue weighted by Crippen LogP contribution is 2.35. The van der Waals surface area contributed by atoms with Gasteiger partial charge in [0, 0.05) is 38.8 Å². The summed E-state index contributed by atoms with van der Waals surface area (Å²) in [6.45, 7) is 4.98. The van der Waals surface area contributed by atoms with E-state index in [1.165, 1.54) is 38.5 Å². The second kappa shape index (κ2) is 7.87. The van der Waals surface area contributed by atoms with E-state index in [4.69, 9.17) is 0 Å². The summed E-state index contributed by atoms with van der Waals surface area (Å²) in [6, 6.07) is 8.02. The highest BCUT2D eigenvalue weighted by Gasteiger charge is 2.36. The van der Waals surface area contributed by atoms with Gasteiger partial charge in [-0.15, -0.1) is 0 Å². The molecule has 1 aromatic carbocycles. The summed E-state index contributed by atoms with van der Waals surface area (Å²) < 4.78 is 0. The van der Waals surface area contributed by atoms with Crippen molar-refractivity contribution in [2.45, 2.75) is 44.6 Å². The summed E-state index contributed by atoms with van der Waals surface area (Å²) in [4.78, 5) is 19.7. The van der Waals surface area contributed by atoms with E-state index < -0.39 is 0 Å². The fourth-order valence-electron chi connectivity index (χ4n) is 5.09. The lowest BCUT2D eigenvalue weighted by Crippen LogP contribution is -2.54. The first kappa shape index (κ1) is 17.7. The molecule has 26 heavy (non-hydrogen) atoms. The van der Waals surface area contributed by atoms with Crippen LogP contribution in [0.3, 0.4) is 0 Å². The van der Waals surface area contributed by atoms with Gasteiger partial charge in [0.05, 0.1) is 12.2 Å². The number of aromatic hydroxyl groups is 1. The second-order valence-electron chi connectivity index (χ2n) is 8.09. The van der Waals surface area contributed by atoms with Crippen LogP contribution in [0.4, 0.5) is 5.69 Å². The summed E-state index contributed by atoms with van der Waals surface area (Å²) in [5.41, 5.74) is 0.902. The molecule has 4 rings (SSSR count). The van der Waals surface area contributed by atoms with Gasteiger partial charge in [-0.25, -0.2) is 0 Å². The molecule has 0 bridgehead atoms. The number of amides is 1. The third kappa shape index (κ3) is 3.68. The van der Waals surface area contributed by atoms with Gasteiger partial charge in [0.2, 0.25) is 5.91 Å². The molecule has 2 aliphatic heterocycles. The van der Waals surface area contributed by atoms with Gasteiger partial charge in [-0.2, -0.15) is 0 Å². The van der Waals surface area contributed by atoms with Crippen molar-refractivity contribution in [3.63, 3.8) is 0 Å². The van der Waals surface area contributed by atoms with Crippen LogP contribution in [0, 0.1) is 5.92 Å². The van der Waals surface area contributed by atoms with Gasteiger partial charge in [0.15, 0.2) is 0 Å². The number of carbonyl (C=O) groups is 1. The molecule has 2 atom stereocenters. The summed E-state index contributed by atoms with van der Waals surface area (Å²) >= 11 is 0. The molecule has 1 saturated carbocycles. The van der Waals surface area contributed by atoms with E-state index in [-0.39, 0.29) is 0 Å². The molecule has 1 amide bonds. The van der Waals surface area contributed by atoms with Crippen molar-refractivity contribution in [2.75, 3.05) is 44.2 Å². The van der Waals surface area contributed by atoms with E-state index in [1.807, 2.05) is 18.2 Å². The van der Waals surface area contributed by atoms with Crippen molar-refractivity contribution in [2.24, 2.45) is 5.92 Å². The Bertz CT molecular complexity index is 625. The van der Waals surface area contributed by atoms with Crippen LogP contribution in [-0.4, -0.2) is 66.1 Å². The smallest absolute Gasteiger partial charge is 0.237 e. The van der Waals surface area contributed by atoms with E-state index in [0.717, 1.165) is 44.3 Å². The Morgan fingerprint density at radius 1 is 0.962 bits per heavy atom. The van der Waals surface area contributed by atoms with Crippen molar-refractivity contribution in [3.8, 4) is 5.75 Å². The molecule has 3 fully saturated rings. The normalized spacial score (nSPS) is 27.2. The topological polar surface area (TPSA) is 47.0 Å². The van der Waals surface area contributed by atoms with E-state index in [0.29, 0.717) is 24.2 Å². The molecule has 3 aliphatic rings. The summed E-state index contributed by atoms with van der Waals surface area (Å²) in [7, 11) is 0. The molecule has 2 heterocycles. The molecule has 0 spiro atoms. The first-order valence-corrected chi connectivity index (χ1v) is 10.3. The Kier molecular flexibility index (Phi) is 5.34. The lowest BCUT2D eigenvalue weighted by Gasteiger charge is -2.45. The van der Waals surface area contributed by atoms with Crippen LogP contribution in [0.2, 0.25) is 0 Å². The van der Waals surface area contributed by atoms with Crippen LogP contribution >= 0.6 is 0 Å². The van der Waals surface area contributed by atoms with Crippen molar-refractivity contribution >= 4 is 11.6 Å². The molecular weight excluding hydrogens is 326 g/mol. The average molecular weight is 357 g/mol. The molecule has 0 radical (unpaired) electrons. The minimum Gasteiger partial charge on any atom is -0.506 e. The summed E-state index contributed by atoms with van der Waals surface area (Å²) in [5.74, 6) is 1.42. The van der Waals surface area contributed by atoms with Crippen LogP contribution in [-0.2, 0) is 4.79 Å². The summed E-state index contributed by atoms with van der Waals surface area (Å²) in [6.07, 6.45) is 7.63. The predicted octanol–water partition coefficient (Wildman–Crippen LogP) is 2.70. The number of phenolic OH excluding ortho intramolecular Hbond substituents is 1. The van der Waals surface area contributed by atoms with Gasteiger partial charge in [0.1, 0.15) is 5.75 Å². The highest BCUT2D eigenvalue weighted by atomic mass is 16.3. The number of piperidine rings is 1. The molecule has 2 saturated heterocycles. The molecule has 142 valence electrons. The third-order valence-corrected chi connectivity index (χ3v) is 6.52. The van der Waals surface area contributed by atoms with Crippen molar-refractivity contribution in [1.29, 1.82) is 0 Å². The highest BCUT2D eigenvalue weighted by molar-refractivity contribution is 5.79. The number of likely N-dealkylation sites (tertiary alicyclic amines) is 1. The maximum Gasteiger partial charge on any atom is 0.237 e. The zero-order valence-electron chi connectivity index (χ0n) is 15.6. The minimum absolute atomic E-state index is 0.331. The third-order valence-electron chi connectivity index (χ3n) is 6.52. The Balaban J connectivity index is 1.31. The zero-order valence-corrected chi connectivity index (χ0v) is 15.6. The number of carbonyl (C=O) groups excluding carboxylic acids is 1. The Morgan fingerprint density at radius 2 is 1.69 bits per heavy atom. The molecule has 1 N–H and O–H groups in total. The van der Waals surface area contributed by atoms with Crippen molar-refractivity contribution in [3.05, 3.63) is 24.3 Å². The number of hydrogen-bond donors (Lipinski definition) is 1. The summed E-state index contributed by atoms with van der Waals surface area (Å²) in [5, 5.41) is 10.0. The van der Waals surface area contributed by atoms with Gasteiger partial charge in [-0.05, 0) is 43.7 Å². The first-order valence-electron chi connectivity index (χ1n) is 10.3. The van der Waals surface area contributed by atoms with Crippen LogP contribution in [0.5, 0.6) is 5.75 Å². The number of fused-ring (bicyclic) bond motifs is 1. The fraction of sp³-hybridized carbons (Fsp3) is 0.667. The van der Waals surface area contributed by atoms with Crippen LogP contribution in [0.25, 0.3) is 0 Å². The fourth-order valence-corrected chi connectivity index (χ4v) is 5.09. The Morgan fingerprint density at radius 3 is 2.50 bits per heavy atom. The Labute approximate surface area is 156 Å². The van der Waals surface area contributed by atoms with Gasteiger partial charge in [-0.3, -0.25) is 9.69 Å². The van der Waals surface area contributed by atoms with E-state index >= 15 is 0 Å². The number of hydrogen-bond acceptors (Lipinski definition) is 4. The number of piperazine rings is 1. The molecule has 1 aromatic rings. The predicted molar refractivity (Wildman–Crippen MR) is 103 cm³/mol. The average Bonchev–Trinajstić information content (AvgIpc) is 2.68. The lowest BCUT2D eigenvalue weighted by atomic mass is 9.78. The minimum atomic E-state index is 0.331. The van der Waals surface area contributed by atoms with Crippen LogP contribution in [0.1, 0.15) is 38.5 Å². The first-order chi connectivity index (χ1) is 12.7. The standard InChI is InChI=1S/C21H31N3O2/c25-20-10-4-3-9-19(20)23-14-12-22(13-15-23)16-21(26)24-11-5-7-17-6-1-2-8-18(17)24/h3-4,9-10,17-18,25H,1-2,5-8,11-16H2/t17-,18-/m1/s1. The number of para-hydroxylation sites is 2. The van der Waals surface area contributed by atoms with Gasteiger partial charge in [-0.1, -0.05) is 25.0 Å². The van der Waals surface area contributed by atoms with Crippen LogP contribution < -0.4 is 4.90 Å². The molecule has 0 aromatic heterocycles. The number of benzene rings is 1. The molecule has 5 nitrogen and oxygen atoms in total. The van der Waals surface area contributed by atoms with E-state index in [9.17, 15) is 9.90 Å². The monoisotopic (exact) mass is 357 g/mol. The SMILES string of the molecule is O=C(CN1CCN(c2ccccc2O)CC1)N1CCC[C@H]2CCCC[C@H]21. The number of phenols is 1. The van der Waals surface area contributed by atoms with Crippen LogP contribution in [0.15, 0.2) is 24.3 Å². The van der Waals surface area contributed by atoms with E-state index in [2.05, 4.69) is 14.7 Å². The molecular formula is C21H31N3O2. The van der Waals surface area contributed by atoms with Crippen molar-refractivity contribution in [1.82, 2.24) is 9.80 Å². The number of rotatable bonds is 3. The van der Waals surface area contributed by atoms with Crippen molar-refractivity contribution < 1.29 is 9.90 Å².